The second kappa shape index (κ2) is 9.42. The van der Waals surface area contributed by atoms with Gasteiger partial charge >= 0.3 is 0 Å². The van der Waals surface area contributed by atoms with Crippen LogP contribution in [0.15, 0.2) is 30.6 Å². The first-order chi connectivity index (χ1) is 15.1. The lowest BCUT2D eigenvalue weighted by molar-refractivity contribution is -0.135. The maximum atomic E-state index is 12.4. The zero-order valence-corrected chi connectivity index (χ0v) is 19.0. The third kappa shape index (κ3) is 4.29. The van der Waals surface area contributed by atoms with Crippen LogP contribution in [0.1, 0.15) is 43.8 Å². The fraction of sp³-hybridized carbons (Fsp3) is 0.478. The largest absolute Gasteiger partial charge is 0.317 e. The number of amides is 2. The minimum Gasteiger partial charge on any atom is -0.317 e. The summed E-state index contributed by atoms with van der Waals surface area (Å²) in [6.07, 6.45) is 8.47. The zero-order valence-electron chi connectivity index (χ0n) is 18.2. The SMILES string of the molecule is Cc1nn(C2CCC(=O)NC2=O)c2cccc(-c3cnn(CCC4CCNCC4)c3)c12.Cl. The zero-order chi connectivity index (χ0) is 21.4. The summed E-state index contributed by atoms with van der Waals surface area (Å²) in [6.45, 7) is 5.13. The van der Waals surface area contributed by atoms with E-state index in [1.54, 1.807) is 4.68 Å². The number of imide groups is 1. The van der Waals surface area contributed by atoms with Crippen LogP contribution in [0.4, 0.5) is 0 Å². The van der Waals surface area contributed by atoms with E-state index >= 15 is 0 Å². The molecule has 1 aromatic carbocycles. The van der Waals surface area contributed by atoms with Gasteiger partial charge < -0.3 is 5.32 Å². The van der Waals surface area contributed by atoms with Gasteiger partial charge in [0.2, 0.25) is 5.91 Å². The van der Waals surface area contributed by atoms with E-state index in [1.807, 2.05) is 29.9 Å². The highest BCUT2D eigenvalue weighted by molar-refractivity contribution is 6.01. The van der Waals surface area contributed by atoms with Crippen LogP contribution in [0.2, 0.25) is 0 Å². The number of rotatable bonds is 5. The van der Waals surface area contributed by atoms with Gasteiger partial charge in [-0.25, -0.2) is 0 Å². The molecule has 32 heavy (non-hydrogen) atoms. The molecule has 0 bridgehead atoms. The standard InChI is InChI=1S/C23H28N6O2.ClH/c1-15-22-18(17-13-25-28(14-17)12-9-16-7-10-24-11-8-16)3-2-4-19(22)29(27-15)20-5-6-21(30)26-23(20)31;/h2-4,13-14,16,20,24H,5-12H2,1H3,(H,26,30,31);1H. The number of hydrogen-bond acceptors (Lipinski definition) is 5. The summed E-state index contributed by atoms with van der Waals surface area (Å²) in [4.78, 5) is 23.9. The summed E-state index contributed by atoms with van der Waals surface area (Å²) in [5, 5.41) is 16.2. The number of halogens is 1. The second-order valence-corrected chi connectivity index (χ2v) is 8.67. The van der Waals surface area contributed by atoms with Gasteiger partial charge in [0.15, 0.2) is 0 Å². The Bertz CT molecular complexity index is 1130. The lowest BCUT2D eigenvalue weighted by atomic mass is 9.95. The van der Waals surface area contributed by atoms with E-state index in [1.165, 1.54) is 12.8 Å². The molecule has 2 aliphatic heterocycles. The molecule has 9 heteroatoms. The fourth-order valence-electron chi connectivity index (χ4n) is 4.88. The number of aryl methyl sites for hydroxylation is 2. The van der Waals surface area contributed by atoms with E-state index in [2.05, 4.69) is 28.0 Å². The predicted octanol–water partition coefficient (Wildman–Crippen LogP) is 3.00. The molecular formula is C23H29ClN6O2. The third-order valence-corrected chi connectivity index (χ3v) is 6.58. The first-order valence-electron chi connectivity index (χ1n) is 11.1. The first kappa shape index (κ1) is 22.5. The molecule has 8 nitrogen and oxygen atoms in total. The molecule has 0 saturated carbocycles. The van der Waals surface area contributed by atoms with Crippen molar-refractivity contribution in [2.75, 3.05) is 13.1 Å². The molecular weight excluding hydrogens is 428 g/mol. The average Bonchev–Trinajstić information content (AvgIpc) is 3.38. The highest BCUT2D eigenvalue weighted by Gasteiger charge is 2.30. The van der Waals surface area contributed by atoms with Crippen LogP contribution in [-0.4, -0.2) is 44.5 Å². The van der Waals surface area contributed by atoms with E-state index in [4.69, 9.17) is 5.10 Å². The minimum atomic E-state index is -0.461. The summed E-state index contributed by atoms with van der Waals surface area (Å²) in [7, 11) is 0. The van der Waals surface area contributed by atoms with Crippen LogP contribution in [0, 0.1) is 12.8 Å². The number of carbonyl (C=O) groups is 2. The summed E-state index contributed by atoms with van der Waals surface area (Å²) < 4.78 is 3.81. The van der Waals surface area contributed by atoms with Crippen molar-refractivity contribution in [2.45, 2.75) is 51.6 Å². The minimum absolute atomic E-state index is 0. The van der Waals surface area contributed by atoms with Gasteiger partial charge in [-0.15, -0.1) is 12.4 Å². The normalized spacial score (nSPS) is 19.7. The van der Waals surface area contributed by atoms with E-state index in [0.717, 1.165) is 59.7 Å². The summed E-state index contributed by atoms with van der Waals surface area (Å²) >= 11 is 0. The van der Waals surface area contributed by atoms with Crippen LogP contribution in [-0.2, 0) is 16.1 Å². The number of piperidine rings is 2. The van der Waals surface area contributed by atoms with Crippen molar-refractivity contribution in [2.24, 2.45) is 5.92 Å². The average molecular weight is 457 g/mol. The number of hydrogen-bond donors (Lipinski definition) is 2. The van der Waals surface area contributed by atoms with Crippen molar-refractivity contribution in [3.05, 3.63) is 36.3 Å². The number of carbonyl (C=O) groups excluding carboxylic acids is 2. The molecule has 5 rings (SSSR count). The summed E-state index contributed by atoms with van der Waals surface area (Å²) in [5.41, 5.74) is 3.91. The van der Waals surface area contributed by atoms with Crippen molar-refractivity contribution >= 4 is 35.1 Å². The van der Waals surface area contributed by atoms with Gasteiger partial charge in [0.1, 0.15) is 6.04 Å². The number of fused-ring (bicyclic) bond motifs is 1. The third-order valence-electron chi connectivity index (χ3n) is 6.58. The Hall–Kier alpha value is -2.71. The fourth-order valence-corrected chi connectivity index (χ4v) is 4.88. The molecule has 3 aromatic rings. The quantitative estimate of drug-likeness (QED) is 0.575. The van der Waals surface area contributed by atoms with Gasteiger partial charge in [0.05, 0.1) is 17.4 Å². The smallest absolute Gasteiger partial charge is 0.251 e. The Morgan fingerprint density at radius 1 is 1.16 bits per heavy atom. The topological polar surface area (TPSA) is 93.8 Å². The van der Waals surface area contributed by atoms with Crippen molar-refractivity contribution in [1.82, 2.24) is 30.2 Å². The molecule has 2 N–H and O–H groups in total. The van der Waals surface area contributed by atoms with E-state index in [-0.39, 0.29) is 24.2 Å². The maximum absolute atomic E-state index is 12.4. The van der Waals surface area contributed by atoms with Gasteiger partial charge in [-0.05, 0) is 63.2 Å². The lowest BCUT2D eigenvalue weighted by Gasteiger charge is -2.22. The van der Waals surface area contributed by atoms with Crippen LogP contribution >= 0.6 is 12.4 Å². The van der Waals surface area contributed by atoms with Gasteiger partial charge in [0, 0.05) is 30.1 Å². The number of nitrogens with one attached hydrogen (secondary N) is 2. The molecule has 1 atom stereocenters. The Kier molecular flexibility index (Phi) is 6.62. The van der Waals surface area contributed by atoms with E-state index in [9.17, 15) is 9.59 Å². The molecule has 1 unspecified atom stereocenters. The van der Waals surface area contributed by atoms with Crippen LogP contribution in [0.25, 0.3) is 22.0 Å². The molecule has 2 aromatic heterocycles. The van der Waals surface area contributed by atoms with E-state index in [0.29, 0.717) is 12.8 Å². The maximum Gasteiger partial charge on any atom is 0.251 e. The molecule has 2 aliphatic rings. The molecule has 0 aliphatic carbocycles. The van der Waals surface area contributed by atoms with Crippen molar-refractivity contribution in [3.8, 4) is 11.1 Å². The van der Waals surface area contributed by atoms with E-state index < -0.39 is 6.04 Å². The summed E-state index contributed by atoms with van der Waals surface area (Å²) in [5.74, 6) is 0.273. The van der Waals surface area contributed by atoms with Crippen LogP contribution in [0.3, 0.4) is 0 Å². The second-order valence-electron chi connectivity index (χ2n) is 8.67. The number of benzene rings is 1. The molecule has 2 fully saturated rings. The highest BCUT2D eigenvalue weighted by Crippen LogP contribution is 2.33. The molecule has 0 radical (unpaired) electrons. The monoisotopic (exact) mass is 456 g/mol. The van der Waals surface area contributed by atoms with Crippen molar-refractivity contribution in [1.29, 1.82) is 0 Å². The number of aromatic nitrogens is 4. The highest BCUT2D eigenvalue weighted by atomic mass is 35.5. The number of nitrogens with zero attached hydrogens (tertiary/aromatic N) is 4. The van der Waals surface area contributed by atoms with Gasteiger partial charge in [-0.1, -0.05) is 12.1 Å². The van der Waals surface area contributed by atoms with Gasteiger partial charge in [-0.2, -0.15) is 10.2 Å². The van der Waals surface area contributed by atoms with Gasteiger partial charge in [0.25, 0.3) is 5.91 Å². The molecule has 0 spiro atoms. The molecule has 4 heterocycles. The predicted molar refractivity (Wildman–Crippen MR) is 125 cm³/mol. The summed E-state index contributed by atoms with van der Waals surface area (Å²) in [6, 6.07) is 5.61. The first-order valence-corrected chi connectivity index (χ1v) is 11.1. The Morgan fingerprint density at radius 2 is 1.97 bits per heavy atom. The molecule has 2 saturated heterocycles. The van der Waals surface area contributed by atoms with Crippen LogP contribution in [0.5, 0.6) is 0 Å². The molecule has 170 valence electrons. The molecule has 2 amide bonds. The lowest BCUT2D eigenvalue weighted by Crippen LogP contribution is -2.42. The van der Waals surface area contributed by atoms with Gasteiger partial charge in [-0.3, -0.25) is 24.3 Å². The van der Waals surface area contributed by atoms with Crippen molar-refractivity contribution in [3.63, 3.8) is 0 Å². The Morgan fingerprint density at radius 3 is 2.75 bits per heavy atom. The van der Waals surface area contributed by atoms with Crippen molar-refractivity contribution < 1.29 is 9.59 Å². The van der Waals surface area contributed by atoms with Crippen LogP contribution < -0.4 is 10.6 Å². The Labute approximate surface area is 193 Å². The Balaban J connectivity index is 0.00000245.